The summed E-state index contributed by atoms with van der Waals surface area (Å²) in [5.41, 5.74) is 10.4. The van der Waals surface area contributed by atoms with Gasteiger partial charge in [0.05, 0.1) is 6.61 Å². The molecule has 0 saturated carbocycles. The van der Waals surface area contributed by atoms with Gasteiger partial charge >= 0.3 is 5.97 Å². The molecule has 35 heavy (non-hydrogen) atoms. The number of carbonyl (C=O) groups excluding carboxylic acids is 3. The van der Waals surface area contributed by atoms with E-state index in [0.717, 1.165) is 24.1 Å². The van der Waals surface area contributed by atoms with E-state index in [4.69, 9.17) is 10.6 Å². The van der Waals surface area contributed by atoms with Crippen LogP contribution in [0.5, 0.6) is 0 Å². The van der Waals surface area contributed by atoms with Gasteiger partial charge in [-0.15, -0.1) is 5.06 Å². The molecule has 0 aromatic heterocycles. The number of hydroxylamine groups is 2. The van der Waals surface area contributed by atoms with Gasteiger partial charge in [0, 0.05) is 31.6 Å². The molecule has 2 amide bonds. The van der Waals surface area contributed by atoms with Crippen molar-refractivity contribution in [2.75, 3.05) is 18.6 Å². The minimum atomic E-state index is -0.738. The molecule has 2 atom stereocenters. The lowest BCUT2D eigenvalue weighted by Gasteiger charge is -2.43. The van der Waals surface area contributed by atoms with Gasteiger partial charge in [-0.2, -0.15) is 0 Å². The molecule has 2 aliphatic rings. The molecule has 1 fully saturated rings. The molecule has 1 aromatic rings. The average molecular weight is 488 g/mol. The number of likely N-dealkylation sites (N-methyl/N-ethyl adjacent to an activating group) is 1. The first kappa shape index (κ1) is 27.1. The van der Waals surface area contributed by atoms with Crippen LogP contribution in [0.15, 0.2) is 12.1 Å². The number of hydrogen-bond acceptors (Lipinski definition) is 7. The molecule has 1 heterocycles. The first-order valence-corrected chi connectivity index (χ1v) is 12.5. The highest BCUT2D eigenvalue weighted by Gasteiger charge is 2.40. The Bertz CT molecular complexity index is 985. The van der Waals surface area contributed by atoms with E-state index in [0.29, 0.717) is 11.5 Å². The van der Waals surface area contributed by atoms with Crippen molar-refractivity contribution in [2.45, 2.75) is 96.6 Å². The van der Waals surface area contributed by atoms with Crippen LogP contribution in [-0.4, -0.2) is 53.7 Å². The monoisotopic (exact) mass is 487 g/mol. The van der Waals surface area contributed by atoms with Crippen molar-refractivity contribution < 1.29 is 24.3 Å². The van der Waals surface area contributed by atoms with Crippen molar-refractivity contribution in [3.05, 3.63) is 28.8 Å². The number of nitrogens with zero attached hydrogens (tertiary/aromatic N) is 2. The number of carbonyl (C=O) groups is 3. The summed E-state index contributed by atoms with van der Waals surface area (Å²) in [5, 5.41) is 10.3. The minimum Gasteiger partial charge on any atom is -0.395 e. The topological polar surface area (TPSA) is 113 Å². The predicted octanol–water partition coefficient (Wildman–Crippen LogP) is 2.97. The van der Waals surface area contributed by atoms with Gasteiger partial charge in [0.1, 0.15) is 6.04 Å². The van der Waals surface area contributed by atoms with E-state index >= 15 is 0 Å². The fraction of sp³-hybridized carbons (Fsp3) is 0.667. The minimum absolute atomic E-state index is 0.00707. The summed E-state index contributed by atoms with van der Waals surface area (Å²) in [6, 6.07) is 3.17. The van der Waals surface area contributed by atoms with Crippen LogP contribution in [0.3, 0.4) is 0 Å². The molecule has 0 bridgehead atoms. The summed E-state index contributed by atoms with van der Waals surface area (Å²) in [5.74, 6) is -1.82. The molecule has 194 valence electrons. The normalized spacial score (nSPS) is 20.6. The quantitative estimate of drug-likeness (QED) is 0.542. The predicted molar refractivity (Wildman–Crippen MR) is 135 cm³/mol. The standard InChI is InChI=1S/C27H41N3O5/c1-16(2)24(25(34)35-30-22(32)8-9-23(30)33)29(7)21-14-20-19(13-17(21)12-18(28)15-31)26(3,4)10-11-27(20,5)6/h13-14,16,18,24,31H,8-12,15,28H2,1-7H3/t18?,24-/m0/s1. The van der Waals surface area contributed by atoms with Crippen LogP contribution in [0.1, 0.15) is 83.9 Å². The van der Waals surface area contributed by atoms with Gasteiger partial charge in [-0.1, -0.05) is 47.6 Å². The molecule has 1 aromatic carbocycles. The Morgan fingerprint density at radius 3 is 2.09 bits per heavy atom. The Kier molecular flexibility index (Phi) is 7.67. The highest BCUT2D eigenvalue weighted by atomic mass is 16.7. The fourth-order valence-corrected chi connectivity index (χ4v) is 5.32. The van der Waals surface area contributed by atoms with Crippen molar-refractivity contribution in [1.29, 1.82) is 0 Å². The third kappa shape index (κ3) is 5.38. The smallest absolute Gasteiger partial charge is 0.355 e. The fourth-order valence-electron chi connectivity index (χ4n) is 5.32. The summed E-state index contributed by atoms with van der Waals surface area (Å²) in [7, 11) is 1.83. The first-order chi connectivity index (χ1) is 16.2. The Labute approximate surface area is 208 Å². The third-order valence-corrected chi connectivity index (χ3v) is 7.63. The van der Waals surface area contributed by atoms with E-state index in [-0.39, 0.29) is 36.2 Å². The summed E-state index contributed by atoms with van der Waals surface area (Å²) >= 11 is 0. The second kappa shape index (κ2) is 9.90. The van der Waals surface area contributed by atoms with Crippen molar-refractivity contribution in [2.24, 2.45) is 11.7 Å². The van der Waals surface area contributed by atoms with Gasteiger partial charge in [0.2, 0.25) is 0 Å². The maximum Gasteiger partial charge on any atom is 0.355 e. The number of aliphatic hydroxyl groups excluding tert-OH is 1. The second-order valence-electron chi connectivity index (χ2n) is 11.7. The molecular weight excluding hydrogens is 446 g/mol. The van der Waals surface area contributed by atoms with E-state index in [1.807, 2.05) is 25.8 Å². The third-order valence-electron chi connectivity index (χ3n) is 7.63. The van der Waals surface area contributed by atoms with E-state index in [1.165, 1.54) is 11.1 Å². The number of amides is 2. The van der Waals surface area contributed by atoms with Crippen LogP contribution < -0.4 is 10.6 Å². The Morgan fingerprint density at radius 2 is 1.60 bits per heavy atom. The van der Waals surface area contributed by atoms with Crippen LogP contribution in [0, 0.1) is 5.92 Å². The number of benzene rings is 1. The molecule has 1 saturated heterocycles. The maximum absolute atomic E-state index is 13.3. The summed E-state index contributed by atoms with van der Waals surface area (Å²) in [6.45, 7) is 12.6. The Balaban J connectivity index is 2.08. The number of aliphatic hydroxyl groups is 1. The first-order valence-electron chi connectivity index (χ1n) is 12.5. The zero-order valence-electron chi connectivity index (χ0n) is 22.2. The molecule has 8 heteroatoms. The van der Waals surface area contributed by atoms with Crippen LogP contribution in [0.4, 0.5) is 5.69 Å². The number of fused-ring (bicyclic) bond motifs is 1. The number of nitrogens with two attached hydrogens (primary N) is 1. The highest BCUT2D eigenvalue weighted by molar-refractivity contribution is 6.02. The second-order valence-corrected chi connectivity index (χ2v) is 11.7. The molecule has 1 aliphatic carbocycles. The summed E-state index contributed by atoms with van der Waals surface area (Å²) in [4.78, 5) is 44.5. The summed E-state index contributed by atoms with van der Waals surface area (Å²) in [6.07, 6.45) is 2.65. The molecule has 3 N–H and O–H groups in total. The lowest BCUT2D eigenvalue weighted by atomic mass is 9.62. The van der Waals surface area contributed by atoms with E-state index in [1.54, 1.807) is 0 Å². The number of hydrogen-bond donors (Lipinski definition) is 2. The molecule has 1 aliphatic heterocycles. The number of imide groups is 1. The van der Waals surface area contributed by atoms with Gasteiger partial charge in [0.15, 0.2) is 0 Å². The van der Waals surface area contributed by atoms with Crippen molar-refractivity contribution in [3.8, 4) is 0 Å². The molecule has 1 unspecified atom stereocenters. The van der Waals surface area contributed by atoms with Gasteiger partial charge in [-0.05, 0) is 58.8 Å². The Morgan fingerprint density at radius 1 is 1.09 bits per heavy atom. The van der Waals surface area contributed by atoms with Gasteiger partial charge in [-0.3, -0.25) is 9.59 Å². The lowest BCUT2D eigenvalue weighted by molar-refractivity contribution is -0.199. The summed E-state index contributed by atoms with van der Waals surface area (Å²) < 4.78 is 0. The average Bonchev–Trinajstić information content (AvgIpc) is 3.08. The van der Waals surface area contributed by atoms with Crippen molar-refractivity contribution in [1.82, 2.24) is 5.06 Å². The largest absolute Gasteiger partial charge is 0.395 e. The van der Waals surface area contributed by atoms with Gasteiger partial charge in [0.25, 0.3) is 11.8 Å². The van der Waals surface area contributed by atoms with Crippen LogP contribution in [0.2, 0.25) is 0 Å². The molecule has 0 radical (unpaired) electrons. The van der Waals surface area contributed by atoms with E-state index < -0.39 is 29.9 Å². The maximum atomic E-state index is 13.3. The zero-order chi connectivity index (χ0) is 26.3. The molecule has 3 rings (SSSR count). The highest BCUT2D eigenvalue weighted by Crippen LogP contribution is 2.48. The van der Waals surface area contributed by atoms with Gasteiger partial charge in [-0.25, -0.2) is 4.79 Å². The SMILES string of the molecule is CC(C)[C@@H](C(=O)ON1C(=O)CCC1=O)N(C)c1cc2c(cc1CC(N)CO)C(C)(C)CCC2(C)C. The van der Waals surface area contributed by atoms with Crippen LogP contribution in [-0.2, 0) is 36.5 Å². The number of anilines is 1. The van der Waals surface area contributed by atoms with Crippen molar-refractivity contribution >= 4 is 23.5 Å². The van der Waals surface area contributed by atoms with E-state index in [9.17, 15) is 19.5 Å². The van der Waals surface area contributed by atoms with Crippen molar-refractivity contribution in [3.63, 3.8) is 0 Å². The Hall–Kier alpha value is -2.45. The zero-order valence-corrected chi connectivity index (χ0v) is 22.2. The van der Waals surface area contributed by atoms with E-state index in [2.05, 4.69) is 39.8 Å². The molecule has 0 spiro atoms. The van der Waals surface area contributed by atoms with Gasteiger partial charge < -0.3 is 20.6 Å². The molecular formula is C27H41N3O5. The van der Waals surface area contributed by atoms with Crippen LogP contribution in [0.25, 0.3) is 0 Å². The van der Waals surface area contributed by atoms with Crippen LogP contribution >= 0.6 is 0 Å². The molecule has 8 nitrogen and oxygen atoms in total. The number of rotatable bonds is 8. The lowest BCUT2D eigenvalue weighted by Crippen LogP contribution is -2.47.